The normalized spacial score (nSPS) is 11.6. The van der Waals surface area contributed by atoms with Crippen LogP contribution in [-0.2, 0) is 6.18 Å². The van der Waals surface area contributed by atoms with Gasteiger partial charge in [0.25, 0.3) is 5.91 Å². The number of carbonyl (C=O) groups is 2. The maximum Gasteiger partial charge on any atom is 0.417 e. The molecular weight excluding hydrogens is 451 g/mol. The molecule has 3 heterocycles. The molecule has 6 nitrogen and oxygen atoms in total. The number of para-hydroxylation sites is 1. The second-order valence-electron chi connectivity index (χ2n) is 6.36. The third-order valence-corrected chi connectivity index (χ3v) is 6.38. The zero-order valence-corrected chi connectivity index (χ0v) is 17.0. The second-order valence-corrected chi connectivity index (χ2v) is 8.31. The lowest BCUT2D eigenvalue weighted by Crippen LogP contribution is -2.15. The number of halogens is 3. The van der Waals surface area contributed by atoms with Crippen molar-refractivity contribution >= 4 is 56.1 Å². The van der Waals surface area contributed by atoms with Crippen LogP contribution in [0.1, 0.15) is 25.6 Å². The number of nitrogen functional groups attached to an aromatic ring is 1. The van der Waals surface area contributed by atoms with Crippen molar-refractivity contribution in [3.63, 3.8) is 0 Å². The van der Waals surface area contributed by atoms with Crippen molar-refractivity contribution in [1.29, 1.82) is 0 Å². The number of carboxylic acid groups (broad SMARTS) is 1. The molecule has 1 amide bonds. The van der Waals surface area contributed by atoms with Crippen molar-refractivity contribution in [2.45, 2.75) is 6.18 Å². The molecule has 0 radical (unpaired) electrons. The number of fused-ring (bicyclic) bond motifs is 1. The number of nitrogens with two attached hydrogens (primary N) is 1. The predicted octanol–water partition coefficient (Wildman–Crippen LogP) is 5.58. The lowest BCUT2D eigenvalue weighted by Gasteiger charge is -2.11. The van der Waals surface area contributed by atoms with Gasteiger partial charge in [-0.25, -0.2) is 9.78 Å². The highest BCUT2D eigenvalue weighted by atomic mass is 32.1. The van der Waals surface area contributed by atoms with Gasteiger partial charge in [0.1, 0.15) is 9.71 Å². The van der Waals surface area contributed by atoms with Gasteiger partial charge in [-0.1, -0.05) is 18.2 Å². The molecule has 158 valence electrons. The molecule has 0 spiro atoms. The molecule has 0 aliphatic heterocycles. The van der Waals surface area contributed by atoms with Gasteiger partial charge in [-0.3, -0.25) is 4.79 Å². The minimum Gasteiger partial charge on any atom is -0.478 e. The summed E-state index contributed by atoms with van der Waals surface area (Å²) in [5.74, 6) is -2.08. The molecule has 0 aliphatic carbocycles. The monoisotopic (exact) mass is 463 g/mol. The Hall–Kier alpha value is -3.44. The van der Waals surface area contributed by atoms with Gasteiger partial charge in [-0.15, -0.1) is 22.7 Å². The number of carboxylic acids is 1. The molecule has 31 heavy (non-hydrogen) atoms. The summed E-state index contributed by atoms with van der Waals surface area (Å²) in [6.07, 6.45) is -4.72. The average Bonchev–Trinajstić information content (AvgIpc) is 3.35. The van der Waals surface area contributed by atoms with Crippen LogP contribution in [0.2, 0.25) is 0 Å². The minimum atomic E-state index is -4.72. The molecule has 4 rings (SSSR count). The Kier molecular flexibility index (Phi) is 5.15. The van der Waals surface area contributed by atoms with E-state index in [1.165, 1.54) is 35.6 Å². The first-order chi connectivity index (χ1) is 14.7. The van der Waals surface area contributed by atoms with Gasteiger partial charge in [-0.2, -0.15) is 13.2 Å². The molecule has 0 aliphatic rings. The smallest absolute Gasteiger partial charge is 0.417 e. The highest BCUT2D eigenvalue weighted by molar-refractivity contribution is 7.21. The van der Waals surface area contributed by atoms with Crippen LogP contribution in [0.4, 0.5) is 24.5 Å². The summed E-state index contributed by atoms with van der Waals surface area (Å²) >= 11 is 1.95. The summed E-state index contributed by atoms with van der Waals surface area (Å²) in [5, 5.41) is 13.0. The minimum absolute atomic E-state index is 0.000125. The molecule has 0 saturated carbocycles. The van der Waals surface area contributed by atoms with Crippen LogP contribution < -0.4 is 11.1 Å². The van der Waals surface area contributed by atoms with Crippen molar-refractivity contribution < 1.29 is 27.9 Å². The number of thiophene rings is 2. The third-order valence-electron chi connectivity index (χ3n) is 4.39. The summed E-state index contributed by atoms with van der Waals surface area (Å²) < 4.78 is 41.3. The number of aromatic carboxylic acids is 1. The number of benzene rings is 1. The van der Waals surface area contributed by atoms with Crippen LogP contribution in [0, 0.1) is 0 Å². The summed E-state index contributed by atoms with van der Waals surface area (Å²) in [7, 11) is 0. The number of aromatic nitrogens is 1. The van der Waals surface area contributed by atoms with E-state index in [0.717, 1.165) is 6.07 Å². The van der Waals surface area contributed by atoms with Gasteiger partial charge in [-0.05, 0) is 29.6 Å². The number of amides is 1. The number of nitrogens with one attached hydrogen (secondary N) is 1. The van der Waals surface area contributed by atoms with E-state index in [0.29, 0.717) is 16.2 Å². The van der Waals surface area contributed by atoms with Crippen molar-refractivity contribution in [2.24, 2.45) is 0 Å². The van der Waals surface area contributed by atoms with E-state index in [-0.39, 0.29) is 37.7 Å². The first-order valence-corrected chi connectivity index (χ1v) is 10.3. The highest BCUT2D eigenvalue weighted by Crippen LogP contribution is 2.44. The Labute approximate surface area is 180 Å². The van der Waals surface area contributed by atoms with Crippen LogP contribution in [-0.4, -0.2) is 22.0 Å². The maximum absolute atomic E-state index is 13.8. The number of carbonyl (C=O) groups excluding carboxylic acids is 1. The van der Waals surface area contributed by atoms with E-state index >= 15 is 0 Å². The number of hydrogen-bond acceptors (Lipinski definition) is 6. The molecular formula is C20H12F3N3O3S2. The summed E-state index contributed by atoms with van der Waals surface area (Å²) in [4.78, 5) is 28.7. The number of nitrogens with zero attached hydrogens (tertiary/aromatic N) is 1. The average molecular weight is 463 g/mol. The number of hydrogen-bond donors (Lipinski definition) is 3. The van der Waals surface area contributed by atoms with Crippen LogP contribution in [0.5, 0.6) is 0 Å². The molecule has 0 fully saturated rings. The molecule has 3 aromatic heterocycles. The zero-order valence-electron chi connectivity index (χ0n) is 15.4. The van der Waals surface area contributed by atoms with Gasteiger partial charge in [0.05, 0.1) is 33.1 Å². The quantitative estimate of drug-likeness (QED) is 0.367. The zero-order chi connectivity index (χ0) is 22.3. The molecule has 11 heteroatoms. The van der Waals surface area contributed by atoms with E-state index < -0.39 is 23.6 Å². The van der Waals surface area contributed by atoms with E-state index in [1.54, 1.807) is 17.5 Å². The fourth-order valence-electron chi connectivity index (χ4n) is 3.02. The first kappa shape index (κ1) is 20.8. The first-order valence-electron chi connectivity index (χ1n) is 8.64. The van der Waals surface area contributed by atoms with Crippen molar-refractivity contribution in [3.8, 4) is 10.6 Å². The number of rotatable bonds is 4. The Bertz CT molecular complexity index is 1310. The Morgan fingerprint density at radius 3 is 2.52 bits per heavy atom. The Morgan fingerprint density at radius 1 is 1.13 bits per heavy atom. The van der Waals surface area contributed by atoms with E-state index in [9.17, 15) is 27.9 Å². The highest BCUT2D eigenvalue weighted by Gasteiger charge is 2.36. The van der Waals surface area contributed by atoms with Crippen molar-refractivity contribution in [1.82, 2.24) is 4.98 Å². The van der Waals surface area contributed by atoms with Crippen LogP contribution in [0.25, 0.3) is 20.8 Å². The molecule has 0 saturated heterocycles. The lowest BCUT2D eigenvalue weighted by molar-refractivity contribution is -0.136. The van der Waals surface area contributed by atoms with Crippen LogP contribution in [0.3, 0.4) is 0 Å². The largest absolute Gasteiger partial charge is 0.478 e. The van der Waals surface area contributed by atoms with E-state index in [1.807, 2.05) is 0 Å². The topological polar surface area (TPSA) is 105 Å². The summed E-state index contributed by atoms with van der Waals surface area (Å²) in [6.45, 7) is 0. The molecule has 4 aromatic rings. The molecule has 0 bridgehead atoms. The van der Waals surface area contributed by atoms with Gasteiger partial charge in [0, 0.05) is 5.39 Å². The number of anilines is 2. The van der Waals surface area contributed by atoms with Gasteiger partial charge in [0.15, 0.2) is 0 Å². The molecule has 0 atom stereocenters. The molecule has 4 N–H and O–H groups in total. The van der Waals surface area contributed by atoms with Crippen molar-refractivity contribution in [3.05, 3.63) is 63.8 Å². The van der Waals surface area contributed by atoms with Gasteiger partial charge < -0.3 is 16.2 Å². The standard InChI is InChI=1S/C20H12F3N3O3S2/c21-20(22,23)10-8-12(13-6-3-7-30-13)26-18-14(10)15(24)16(31-18)17(27)25-11-5-2-1-4-9(11)19(28)29/h1-8H,24H2,(H,25,27)(H,28,29). The maximum atomic E-state index is 13.8. The second kappa shape index (κ2) is 7.67. The number of alkyl halides is 3. The summed E-state index contributed by atoms with van der Waals surface area (Å²) in [6, 6.07) is 9.93. The lowest BCUT2D eigenvalue weighted by atomic mass is 10.1. The SMILES string of the molecule is Nc1c(C(=O)Nc2ccccc2C(=O)O)sc2nc(-c3cccs3)cc(C(F)(F)F)c12. The number of pyridine rings is 1. The van der Waals surface area contributed by atoms with Crippen LogP contribution >= 0.6 is 22.7 Å². The van der Waals surface area contributed by atoms with Crippen LogP contribution in [0.15, 0.2) is 47.8 Å². The van der Waals surface area contributed by atoms with Gasteiger partial charge >= 0.3 is 12.1 Å². The van der Waals surface area contributed by atoms with E-state index in [2.05, 4.69) is 10.3 Å². The fourth-order valence-corrected chi connectivity index (χ4v) is 4.72. The predicted molar refractivity (Wildman–Crippen MR) is 114 cm³/mol. The summed E-state index contributed by atoms with van der Waals surface area (Å²) in [5.41, 5.74) is 4.57. The van der Waals surface area contributed by atoms with Gasteiger partial charge in [0.2, 0.25) is 0 Å². The van der Waals surface area contributed by atoms with E-state index in [4.69, 9.17) is 5.73 Å². The molecule has 1 aromatic carbocycles. The Morgan fingerprint density at radius 2 is 1.87 bits per heavy atom. The van der Waals surface area contributed by atoms with Crippen molar-refractivity contribution in [2.75, 3.05) is 11.1 Å². The third kappa shape index (κ3) is 3.84. The Balaban J connectivity index is 1.84. The molecule has 0 unspecified atom stereocenters. The fraction of sp³-hybridized carbons (Fsp3) is 0.0500.